The highest BCUT2D eigenvalue weighted by molar-refractivity contribution is 6.04. The van der Waals surface area contributed by atoms with Crippen molar-refractivity contribution in [3.63, 3.8) is 0 Å². The minimum atomic E-state index is -0.996. The van der Waals surface area contributed by atoms with Crippen LogP contribution in [0.5, 0.6) is 0 Å². The molecule has 450 valence electrons. The maximum Gasteiger partial charge on any atom is 0.0656 e. The molecular formula is C91H66N4. The molecule has 0 bridgehead atoms. The predicted octanol–water partition coefficient (Wildman–Crippen LogP) is 25.1. The Hall–Kier alpha value is -12.2. The van der Waals surface area contributed by atoms with Gasteiger partial charge in [-0.15, -0.1) is 0 Å². The highest BCUT2D eigenvalue weighted by atomic mass is 15.2. The second-order valence-electron chi connectivity index (χ2n) is 24.6. The van der Waals surface area contributed by atoms with Crippen molar-refractivity contribution in [3.05, 3.63) is 398 Å². The molecule has 0 radical (unpaired) electrons. The summed E-state index contributed by atoms with van der Waals surface area (Å²) < 4.78 is 0. The number of allylic oxidation sites excluding steroid dienone is 5. The summed E-state index contributed by atoms with van der Waals surface area (Å²) >= 11 is 0. The molecule has 2 aliphatic carbocycles. The molecule has 0 aliphatic heterocycles. The van der Waals surface area contributed by atoms with Crippen LogP contribution < -0.4 is 19.6 Å². The van der Waals surface area contributed by atoms with E-state index in [0.717, 1.165) is 74.7 Å². The second-order valence-corrected chi connectivity index (χ2v) is 24.6. The second kappa shape index (κ2) is 24.1. The maximum absolute atomic E-state index is 2.58. The number of nitrogens with zero attached hydrogens (tertiary/aromatic N) is 4. The zero-order valence-corrected chi connectivity index (χ0v) is 52.7. The summed E-state index contributed by atoms with van der Waals surface area (Å²) in [6.07, 6.45) is 10.6. The Labute approximate surface area is 555 Å². The molecule has 0 aromatic heterocycles. The lowest BCUT2D eigenvalue weighted by Gasteiger charge is -2.36. The van der Waals surface area contributed by atoms with E-state index >= 15 is 0 Å². The Bertz CT molecular complexity index is 5310. The summed E-state index contributed by atoms with van der Waals surface area (Å²) in [5.74, 6) is 0. The fourth-order valence-corrected chi connectivity index (χ4v) is 15.1. The van der Waals surface area contributed by atoms with Crippen molar-refractivity contribution in [2.45, 2.75) is 18.8 Å². The van der Waals surface area contributed by atoms with Gasteiger partial charge in [0.25, 0.3) is 0 Å². The van der Waals surface area contributed by atoms with Crippen LogP contribution in [-0.2, 0) is 5.41 Å². The van der Waals surface area contributed by atoms with Crippen LogP contribution in [0.2, 0.25) is 0 Å². The van der Waals surface area contributed by atoms with Gasteiger partial charge in [0.05, 0.1) is 28.2 Å². The van der Waals surface area contributed by atoms with Gasteiger partial charge in [0.2, 0.25) is 0 Å². The zero-order chi connectivity index (χ0) is 63.2. The van der Waals surface area contributed by atoms with Crippen LogP contribution in [0.1, 0.15) is 35.6 Å². The van der Waals surface area contributed by atoms with E-state index in [4.69, 9.17) is 0 Å². The topological polar surface area (TPSA) is 13.0 Å². The molecule has 17 rings (SSSR count). The number of hydrogen-bond donors (Lipinski definition) is 0. The summed E-state index contributed by atoms with van der Waals surface area (Å²) in [4.78, 5) is 9.88. The fraction of sp³-hybridized carbons (Fsp3) is 0.0330. The van der Waals surface area contributed by atoms with Crippen molar-refractivity contribution in [2.75, 3.05) is 19.6 Å². The number of rotatable bonds is 13. The normalized spacial score (nSPS) is 14.3. The van der Waals surface area contributed by atoms with Crippen LogP contribution >= 0.6 is 0 Å². The lowest BCUT2D eigenvalue weighted by molar-refractivity contribution is 0.798. The Morgan fingerprint density at radius 2 is 0.547 bits per heavy atom. The number of para-hydroxylation sites is 4. The highest BCUT2D eigenvalue weighted by Gasteiger charge is 2.46. The van der Waals surface area contributed by atoms with Gasteiger partial charge in [0.1, 0.15) is 0 Å². The molecular weight excluding hydrogens is 1150 g/mol. The van der Waals surface area contributed by atoms with E-state index in [-0.39, 0.29) is 0 Å². The van der Waals surface area contributed by atoms with Crippen LogP contribution in [0.3, 0.4) is 0 Å². The van der Waals surface area contributed by atoms with Crippen molar-refractivity contribution >= 4 is 111 Å². The van der Waals surface area contributed by atoms with Crippen molar-refractivity contribution in [3.8, 4) is 11.1 Å². The Balaban J connectivity index is 1.01. The maximum atomic E-state index is 2.58. The van der Waals surface area contributed by atoms with Crippen molar-refractivity contribution in [1.82, 2.24) is 0 Å². The predicted molar refractivity (Wildman–Crippen MR) is 403 cm³/mol. The molecule has 95 heavy (non-hydrogen) atoms. The van der Waals surface area contributed by atoms with Crippen molar-refractivity contribution in [2.24, 2.45) is 0 Å². The standard InChI is InChI=1S/C91H66N4/c1-2-64-51-52-73(92(69-35-7-3-8-36-69)87-47-23-31-65-27-15-19-43-78(65)87)59-60-91(84-61-74(53-56-77(64)84)93(70-37-9-4-10-38-70)88-48-24-32-66-28-16-20-44-79(66)88)85-62-75(94(71-39-11-5-12-40-71)89-49-25-33-67-29-17-21-45-80(67)89)54-57-82(85)83-58-55-76(63-86(83)91)95(72-41-13-6-14-42-72)90-50-26-34-68-30-18-22-46-81(68)90/h3-63H,2H2,1H3/b60-59+,64-51+,73-52+. The summed E-state index contributed by atoms with van der Waals surface area (Å²) in [6, 6.07) is 127. The Kier molecular flexibility index (Phi) is 14.4. The summed E-state index contributed by atoms with van der Waals surface area (Å²) in [6.45, 7) is 2.32. The molecule has 15 aromatic rings. The first-order chi connectivity index (χ1) is 47.1. The smallest absolute Gasteiger partial charge is 0.0656 e. The Morgan fingerprint density at radius 3 is 0.905 bits per heavy atom. The van der Waals surface area contributed by atoms with Gasteiger partial charge in [-0.05, 0) is 188 Å². The van der Waals surface area contributed by atoms with Crippen LogP contribution in [0.25, 0.3) is 59.8 Å². The molecule has 1 spiro atoms. The van der Waals surface area contributed by atoms with Crippen molar-refractivity contribution < 1.29 is 0 Å². The first-order valence-electron chi connectivity index (χ1n) is 33.0. The van der Waals surface area contributed by atoms with Gasteiger partial charge < -0.3 is 19.6 Å². The summed E-state index contributed by atoms with van der Waals surface area (Å²) in [7, 11) is 0. The third-order valence-electron chi connectivity index (χ3n) is 19.4. The number of benzene rings is 15. The average molecular weight is 1220 g/mol. The van der Waals surface area contributed by atoms with E-state index in [1.807, 2.05) is 0 Å². The first kappa shape index (κ1) is 56.7. The molecule has 15 aromatic carbocycles. The lowest BCUT2D eigenvalue weighted by Crippen LogP contribution is -2.28. The van der Waals surface area contributed by atoms with Crippen LogP contribution in [0.15, 0.2) is 376 Å². The molecule has 4 nitrogen and oxygen atoms in total. The van der Waals surface area contributed by atoms with E-state index in [2.05, 4.69) is 397 Å². The molecule has 0 N–H and O–H groups in total. The van der Waals surface area contributed by atoms with E-state index in [1.54, 1.807) is 0 Å². The highest BCUT2D eigenvalue weighted by Crippen LogP contribution is 2.59. The van der Waals surface area contributed by atoms with Gasteiger partial charge in [-0.3, -0.25) is 0 Å². The minimum absolute atomic E-state index is 0.767. The number of hydrogen-bond acceptors (Lipinski definition) is 4. The van der Waals surface area contributed by atoms with Gasteiger partial charge in [-0.2, -0.15) is 0 Å². The van der Waals surface area contributed by atoms with Gasteiger partial charge in [0, 0.05) is 67.1 Å². The van der Waals surface area contributed by atoms with Gasteiger partial charge in [0.15, 0.2) is 0 Å². The van der Waals surface area contributed by atoms with E-state index in [0.29, 0.717) is 0 Å². The van der Waals surface area contributed by atoms with Crippen molar-refractivity contribution in [1.29, 1.82) is 0 Å². The first-order valence-corrected chi connectivity index (χ1v) is 33.0. The number of anilines is 11. The molecule has 0 saturated carbocycles. The monoisotopic (exact) mass is 1210 g/mol. The van der Waals surface area contributed by atoms with Gasteiger partial charge in [-0.25, -0.2) is 0 Å². The zero-order valence-electron chi connectivity index (χ0n) is 52.7. The lowest BCUT2D eigenvalue weighted by atomic mass is 9.69. The van der Waals surface area contributed by atoms with E-state index in [1.165, 1.54) is 82.0 Å². The Morgan fingerprint density at radius 1 is 0.253 bits per heavy atom. The minimum Gasteiger partial charge on any atom is -0.310 e. The molecule has 0 heterocycles. The largest absolute Gasteiger partial charge is 0.310 e. The average Bonchev–Trinajstić information content (AvgIpc) is 1.55. The SMILES string of the molecule is CC\C1=C/C=C(N(c2ccccc2)c2cccc3ccccc23)\C=C\C2(c3cc(N(c4ccccc4)c4cccc5ccccc45)ccc31)c1cc(N(c3ccccc3)c3cccc4ccccc34)ccc1-c1ccc(N(c3ccccc3)c3cccc4ccccc34)cc12. The molecule has 0 atom stereocenters. The molecule has 4 heteroatoms. The summed E-state index contributed by atoms with van der Waals surface area (Å²) in [5.41, 5.74) is 20.1. The fourth-order valence-electron chi connectivity index (χ4n) is 15.1. The molecule has 0 saturated heterocycles. The quantitative estimate of drug-likeness (QED) is 0.114. The van der Waals surface area contributed by atoms with Crippen LogP contribution in [0, 0.1) is 0 Å². The molecule has 0 amide bonds. The third kappa shape index (κ3) is 9.85. The third-order valence-corrected chi connectivity index (χ3v) is 19.4. The summed E-state index contributed by atoms with van der Waals surface area (Å²) in [5, 5.41) is 9.40. The molecule has 0 unspecified atom stereocenters. The van der Waals surface area contributed by atoms with Crippen LogP contribution in [0.4, 0.5) is 62.6 Å². The molecule has 2 aliphatic rings. The van der Waals surface area contributed by atoms with Crippen LogP contribution in [-0.4, -0.2) is 0 Å². The van der Waals surface area contributed by atoms with Gasteiger partial charge >= 0.3 is 0 Å². The number of fused-ring (bicyclic) bond motifs is 11. The molecule has 0 fully saturated rings. The van der Waals surface area contributed by atoms with Gasteiger partial charge in [-0.1, -0.05) is 256 Å². The van der Waals surface area contributed by atoms with E-state index < -0.39 is 5.41 Å². The van der Waals surface area contributed by atoms with E-state index in [9.17, 15) is 0 Å².